The van der Waals surface area contributed by atoms with E-state index in [1.165, 1.54) is 11.5 Å². The van der Waals surface area contributed by atoms with Gasteiger partial charge >= 0.3 is 0 Å². The lowest BCUT2D eigenvalue weighted by Gasteiger charge is -2.16. The number of carbonyl (C=O) groups is 1. The second-order valence-electron chi connectivity index (χ2n) is 4.10. The monoisotopic (exact) mass is 280 g/mol. The molecule has 1 aromatic heterocycles. The van der Waals surface area contributed by atoms with E-state index in [-0.39, 0.29) is 5.91 Å². The summed E-state index contributed by atoms with van der Waals surface area (Å²) < 4.78 is 4.12. The maximum Gasteiger partial charge on any atom is 0.256 e. The molecule has 94 valence electrons. The maximum atomic E-state index is 12.2. The van der Waals surface area contributed by atoms with Crippen molar-refractivity contribution in [2.45, 2.75) is 13.5 Å². The third-order valence-electron chi connectivity index (χ3n) is 2.66. The summed E-state index contributed by atoms with van der Waals surface area (Å²) in [6.45, 7) is 2.41. The third kappa shape index (κ3) is 2.89. The molecule has 5 heteroatoms. The average Bonchev–Trinajstić information content (AvgIpc) is 2.77. The van der Waals surface area contributed by atoms with E-state index in [2.05, 4.69) is 4.37 Å². The fourth-order valence-electron chi connectivity index (χ4n) is 1.64. The molecule has 0 aliphatic carbocycles. The molecule has 1 aromatic carbocycles. The molecule has 0 bridgehead atoms. The topological polar surface area (TPSA) is 33.2 Å². The minimum Gasteiger partial charge on any atom is -0.337 e. The van der Waals surface area contributed by atoms with E-state index in [0.29, 0.717) is 17.1 Å². The average molecular weight is 281 g/mol. The third-order valence-corrected chi connectivity index (χ3v) is 3.63. The first-order valence-corrected chi connectivity index (χ1v) is 6.70. The number of halogens is 1. The second-order valence-corrected chi connectivity index (χ2v) is 5.17. The molecule has 0 saturated heterocycles. The van der Waals surface area contributed by atoms with Gasteiger partial charge in [-0.2, -0.15) is 4.37 Å². The van der Waals surface area contributed by atoms with E-state index in [4.69, 9.17) is 11.6 Å². The smallest absolute Gasteiger partial charge is 0.256 e. The zero-order valence-electron chi connectivity index (χ0n) is 10.2. The van der Waals surface area contributed by atoms with Crippen LogP contribution in [-0.4, -0.2) is 22.2 Å². The van der Waals surface area contributed by atoms with Crippen LogP contribution in [-0.2, 0) is 6.54 Å². The molecule has 0 aliphatic rings. The van der Waals surface area contributed by atoms with Gasteiger partial charge in [-0.25, -0.2) is 0 Å². The molecule has 0 unspecified atom stereocenters. The van der Waals surface area contributed by atoms with E-state index < -0.39 is 0 Å². The highest BCUT2D eigenvalue weighted by Crippen LogP contribution is 2.15. The first-order valence-electron chi connectivity index (χ1n) is 5.49. The van der Waals surface area contributed by atoms with Crippen molar-refractivity contribution in [2.75, 3.05) is 7.05 Å². The Morgan fingerprint density at radius 1 is 1.39 bits per heavy atom. The Balaban J connectivity index is 2.08. The van der Waals surface area contributed by atoms with Gasteiger partial charge < -0.3 is 4.90 Å². The Labute approximate surface area is 115 Å². The van der Waals surface area contributed by atoms with Crippen molar-refractivity contribution in [1.82, 2.24) is 9.27 Å². The minimum absolute atomic E-state index is 0.00352. The zero-order valence-corrected chi connectivity index (χ0v) is 11.8. The lowest BCUT2D eigenvalue weighted by molar-refractivity contribution is 0.0784. The normalized spacial score (nSPS) is 10.4. The van der Waals surface area contributed by atoms with Gasteiger partial charge in [0.05, 0.1) is 11.3 Å². The molecule has 0 radical (unpaired) electrons. The number of nitrogens with zero attached hydrogens (tertiary/aromatic N) is 2. The summed E-state index contributed by atoms with van der Waals surface area (Å²) in [5, 5.41) is 2.49. The maximum absolute atomic E-state index is 12.2. The predicted octanol–water partition coefficient (Wildman–Crippen LogP) is 3.38. The van der Waals surface area contributed by atoms with Crippen LogP contribution in [0.3, 0.4) is 0 Å². The first kappa shape index (κ1) is 13.1. The number of benzene rings is 1. The summed E-state index contributed by atoms with van der Waals surface area (Å²) in [5.41, 5.74) is 2.51. The van der Waals surface area contributed by atoms with E-state index in [1.54, 1.807) is 17.3 Å². The number of carbonyl (C=O) groups excluding carboxylic acids is 1. The summed E-state index contributed by atoms with van der Waals surface area (Å²) >= 11 is 7.13. The van der Waals surface area contributed by atoms with Gasteiger partial charge in [0, 0.05) is 24.0 Å². The van der Waals surface area contributed by atoms with E-state index in [0.717, 1.165) is 11.3 Å². The molecule has 1 heterocycles. The predicted molar refractivity (Wildman–Crippen MR) is 74.1 cm³/mol. The summed E-state index contributed by atoms with van der Waals surface area (Å²) in [4.78, 5) is 13.8. The number of hydrogen-bond donors (Lipinski definition) is 0. The molecule has 3 nitrogen and oxygen atoms in total. The molecule has 0 spiro atoms. The van der Waals surface area contributed by atoms with Gasteiger partial charge in [0.25, 0.3) is 5.91 Å². The fourth-order valence-corrected chi connectivity index (χ4v) is 2.45. The van der Waals surface area contributed by atoms with Crippen LogP contribution in [0.1, 0.15) is 21.6 Å². The van der Waals surface area contributed by atoms with E-state index in [1.807, 2.05) is 31.2 Å². The van der Waals surface area contributed by atoms with Gasteiger partial charge in [-0.3, -0.25) is 4.79 Å². The van der Waals surface area contributed by atoms with Crippen molar-refractivity contribution < 1.29 is 4.79 Å². The molecule has 0 atom stereocenters. The Kier molecular flexibility index (Phi) is 3.99. The van der Waals surface area contributed by atoms with Gasteiger partial charge in [-0.05, 0) is 36.2 Å². The molecular weight excluding hydrogens is 268 g/mol. The van der Waals surface area contributed by atoms with Crippen molar-refractivity contribution in [3.63, 3.8) is 0 Å². The Bertz CT molecular complexity index is 550. The highest BCUT2D eigenvalue weighted by atomic mass is 35.5. The highest BCUT2D eigenvalue weighted by Gasteiger charge is 2.15. The van der Waals surface area contributed by atoms with Crippen LogP contribution in [0.2, 0.25) is 5.02 Å². The SMILES string of the molecule is Cc1nscc1C(=O)N(C)Cc1ccc(Cl)cc1. The van der Waals surface area contributed by atoms with Crippen molar-refractivity contribution in [3.8, 4) is 0 Å². The van der Waals surface area contributed by atoms with E-state index in [9.17, 15) is 4.79 Å². The summed E-state index contributed by atoms with van der Waals surface area (Å²) in [6, 6.07) is 7.49. The van der Waals surface area contributed by atoms with Crippen LogP contribution in [0, 0.1) is 6.92 Å². The van der Waals surface area contributed by atoms with Crippen molar-refractivity contribution in [1.29, 1.82) is 0 Å². The molecule has 0 aliphatic heterocycles. The molecule has 2 aromatic rings. The fraction of sp³-hybridized carbons (Fsp3) is 0.231. The molecule has 0 N–H and O–H groups in total. The Morgan fingerprint density at radius 2 is 2.06 bits per heavy atom. The molecular formula is C13H13ClN2OS. The lowest BCUT2D eigenvalue weighted by atomic mass is 10.2. The summed E-state index contributed by atoms with van der Waals surface area (Å²) in [6.07, 6.45) is 0. The number of hydrogen-bond acceptors (Lipinski definition) is 3. The number of aryl methyl sites for hydroxylation is 1. The highest BCUT2D eigenvalue weighted by molar-refractivity contribution is 7.03. The second kappa shape index (κ2) is 5.50. The van der Waals surface area contributed by atoms with Crippen LogP contribution in [0.25, 0.3) is 0 Å². The zero-order chi connectivity index (χ0) is 13.1. The molecule has 0 saturated carbocycles. The molecule has 1 amide bonds. The number of rotatable bonds is 3. The number of aromatic nitrogens is 1. The first-order chi connectivity index (χ1) is 8.58. The molecule has 18 heavy (non-hydrogen) atoms. The largest absolute Gasteiger partial charge is 0.337 e. The van der Waals surface area contributed by atoms with Crippen molar-refractivity contribution in [3.05, 3.63) is 51.5 Å². The van der Waals surface area contributed by atoms with Crippen LogP contribution in [0.4, 0.5) is 0 Å². The Hall–Kier alpha value is -1.39. The standard InChI is InChI=1S/C13H13ClN2OS/c1-9-12(8-18-15-9)13(17)16(2)7-10-3-5-11(14)6-4-10/h3-6,8H,7H2,1-2H3. The van der Waals surface area contributed by atoms with Gasteiger partial charge in [0.15, 0.2) is 0 Å². The van der Waals surface area contributed by atoms with Crippen LogP contribution in [0.5, 0.6) is 0 Å². The molecule has 0 fully saturated rings. The van der Waals surface area contributed by atoms with Crippen LogP contribution >= 0.6 is 23.1 Å². The van der Waals surface area contributed by atoms with Crippen molar-refractivity contribution in [2.24, 2.45) is 0 Å². The van der Waals surface area contributed by atoms with E-state index >= 15 is 0 Å². The summed E-state index contributed by atoms with van der Waals surface area (Å²) in [7, 11) is 1.79. The Morgan fingerprint density at radius 3 is 2.61 bits per heavy atom. The van der Waals surface area contributed by atoms with Gasteiger partial charge in [0.1, 0.15) is 0 Å². The van der Waals surface area contributed by atoms with Gasteiger partial charge in [-0.15, -0.1) is 0 Å². The number of amides is 1. The van der Waals surface area contributed by atoms with Crippen LogP contribution < -0.4 is 0 Å². The minimum atomic E-state index is -0.00352. The van der Waals surface area contributed by atoms with Crippen LogP contribution in [0.15, 0.2) is 29.6 Å². The molecule has 2 rings (SSSR count). The van der Waals surface area contributed by atoms with Gasteiger partial charge in [0.2, 0.25) is 0 Å². The van der Waals surface area contributed by atoms with Gasteiger partial charge in [-0.1, -0.05) is 23.7 Å². The quantitative estimate of drug-likeness (QED) is 0.863. The van der Waals surface area contributed by atoms with Crippen molar-refractivity contribution >= 4 is 29.0 Å². The summed E-state index contributed by atoms with van der Waals surface area (Å²) in [5.74, 6) is -0.00352. The lowest BCUT2D eigenvalue weighted by Crippen LogP contribution is -2.26.